The summed E-state index contributed by atoms with van der Waals surface area (Å²) in [5, 5.41) is 8.85. The van der Waals surface area contributed by atoms with Gasteiger partial charge in [0.05, 0.1) is 11.7 Å². The molecule has 0 saturated carbocycles. The average Bonchev–Trinajstić information content (AvgIpc) is 2.67. The first-order valence-electron chi connectivity index (χ1n) is 4.08. The Kier molecular flexibility index (Phi) is 1.89. The van der Waals surface area contributed by atoms with Gasteiger partial charge in [0.2, 0.25) is 0 Å². The standard InChI is InChI=1S/C9H7N3O3/c10-8-6(9(14)15)1-5(3-13)7-2-11-4-12(7)8/h1-4H,10H2,(H,14,15). The molecule has 0 aromatic carbocycles. The second-order valence-electron chi connectivity index (χ2n) is 2.97. The molecule has 2 aromatic rings. The highest BCUT2D eigenvalue weighted by atomic mass is 16.4. The highest BCUT2D eigenvalue weighted by Crippen LogP contribution is 2.18. The van der Waals surface area contributed by atoms with Gasteiger partial charge in [-0.15, -0.1) is 0 Å². The number of carboxylic acid groups (broad SMARTS) is 1. The van der Waals surface area contributed by atoms with Gasteiger partial charge in [-0.05, 0) is 6.07 Å². The average molecular weight is 205 g/mol. The predicted octanol–water partition coefficient (Wildman–Crippen LogP) is 0.427. The summed E-state index contributed by atoms with van der Waals surface area (Å²) in [4.78, 5) is 25.4. The third-order valence-electron chi connectivity index (χ3n) is 2.13. The van der Waals surface area contributed by atoms with E-state index in [1.807, 2.05) is 0 Å². The van der Waals surface area contributed by atoms with E-state index >= 15 is 0 Å². The lowest BCUT2D eigenvalue weighted by Gasteiger charge is -2.05. The van der Waals surface area contributed by atoms with Crippen LogP contribution in [0.25, 0.3) is 5.52 Å². The summed E-state index contributed by atoms with van der Waals surface area (Å²) in [6.07, 6.45) is 3.39. The van der Waals surface area contributed by atoms with Crippen LogP contribution in [0.3, 0.4) is 0 Å². The Morgan fingerprint density at radius 2 is 2.33 bits per heavy atom. The molecule has 3 N–H and O–H groups in total. The first-order chi connectivity index (χ1) is 7.15. The van der Waals surface area contributed by atoms with Crippen molar-refractivity contribution < 1.29 is 14.7 Å². The molecule has 0 unspecified atom stereocenters. The van der Waals surface area contributed by atoms with Gasteiger partial charge in [-0.25, -0.2) is 9.78 Å². The van der Waals surface area contributed by atoms with Crippen molar-refractivity contribution in [2.24, 2.45) is 0 Å². The van der Waals surface area contributed by atoms with Crippen LogP contribution in [-0.2, 0) is 0 Å². The van der Waals surface area contributed by atoms with E-state index in [-0.39, 0.29) is 16.9 Å². The van der Waals surface area contributed by atoms with E-state index in [9.17, 15) is 9.59 Å². The lowest BCUT2D eigenvalue weighted by Crippen LogP contribution is -2.08. The molecule has 0 spiro atoms. The molecule has 2 heterocycles. The van der Waals surface area contributed by atoms with Gasteiger partial charge in [-0.2, -0.15) is 0 Å². The minimum atomic E-state index is -1.17. The van der Waals surface area contributed by atoms with Crippen molar-refractivity contribution in [3.8, 4) is 0 Å². The van der Waals surface area contributed by atoms with Crippen molar-refractivity contribution >= 4 is 23.6 Å². The summed E-state index contributed by atoms with van der Waals surface area (Å²) < 4.78 is 1.37. The van der Waals surface area contributed by atoms with Crippen LogP contribution in [0.1, 0.15) is 20.7 Å². The van der Waals surface area contributed by atoms with E-state index in [1.54, 1.807) is 0 Å². The molecule has 0 amide bonds. The Labute approximate surface area is 84.0 Å². The summed E-state index contributed by atoms with van der Waals surface area (Å²) in [7, 11) is 0. The Morgan fingerprint density at radius 3 is 2.93 bits per heavy atom. The number of carbonyl (C=O) groups is 2. The second kappa shape index (κ2) is 3.09. The molecule has 0 aliphatic carbocycles. The van der Waals surface area contributed by atoms with E-state index in [1.165, 1.54) is 23.0 Å². The van der Waals surface area contributed by atoms with E-state index < -0.39 is 5.97 Å². The zero-order valence-electron chi connectivity index (χ0n) is 7.54. The zero-order chi connectivity index (χ0) is 11.0. The molecule has 2 rings (SSSR count). The lowest BCUT2D eigenvalue weighted by molar-refractivity contribution is 0.0697. The molecule has 0 saturated heterocycles. The van der Waals surface area contributed by atoms with Gasteiger partial charge in [-0.1, -0.05) is 0 Å². The SMILES string of the molecule is Nc1c(C(=O)O)cc(C=O)c2cncn12. The molecular formula is C9H7N3O3. The summed E-state index contributed by atoms with van der Waals surface area (Å²) in [5.74, 6) is -1.12. The fourth-order valence-corrected chi connectivity index (χ4v) is 1.40. The van der Waals surface area contributed by atoms with Gasteiger partial charge in [0.25, 0.3) is 0 Å². The van der Waals surface area contributed by atoms with Crippen molar-refractivity contribution in [2.45, 2.75) is 0 Å². The van der Waals surface area contributed by atoms with Crippen molar-refractivity contribution in [1.29, 1.82) is 0 Å². The van der Waals surface area contributed by atoms with Gasteiger partial charge in [0, 0.05) is 5.56 Å². The minimum Gasteiger partial charge on any atom is -0.478 e. The van der Waals surface area contributed by atoms with Crippen LogP contribution in [0, 0.1) is 0 Å². The number of aldehydes is 1. The van der Waals surface area contributed by atoms with Crippen LogP contribution in [0.2, 0.25) is 0 Å². The maximum atomic E-state index is 10.8. The van der Waals surface area contributed by atoms with Gasteiger partial charge >= 0.3 is 5.97 Å². The number of carbonyl (C=O) groups excluding carboxylic acids is 1. The van der Waals surface area contributed by atoms with E-state index in [4.69, 9.17) is 10.8 Å². The molecule has 0 atom stereocenters. The molecule has 15 heavy (non-hydrogen) atoms. The fourth-order valence-electron chi connectivity index (χ4n) is 1.40. The molecule has 76 valence electrons. The lowest BCUT2D eigenvalue weighted by atomic mass is 10.1. The zero-order valence-corrected chi connectivity index (χ0v) is 7.54. The largest absolute Gasteiger partial charge is 0.478 e. The second-order valence-corrected chi connectivity index (χ2v) is 2.97. The van der Waals surface area contributed by atoms with Crippen LogP contribution >= 0.6 is 0 Å². The number of rotatable bonds is 2. The summed E-state index contributed by atoms with van der Waals surface area (Å²) >= 11 is 0. The monoisotopic (exact) mass is 205 g/mol. The number of pyridine rings is 1. The summed E-state index contributed by atoms with van der Waals surface area (Å²) in [6.45, 7) is 0. The van der Waals surface area contributed by atoms with Gasteiger partial charge in [-0.3, -0.25) is 9.20 Å². The highest BCUT2D eigenvalue weighted by Gasteiger charge is 2.14. The van der Waals surface area contributed by atoms with Crippen molar-refractivity contribution in [2.75, 3.05) is 5.73 Å². The van der Waals surface area contributed by atoms with E-state index in [0.29, 0.717) is 11.8 Å². The smallest absolute Gasteiger partial charge is 0.339 e. The number of nitrogens with zero attached hydrogens (tertiary/aromatic N) is 2. The number of imidazole rings is 1. The molecule has 0 bridgehead atoms. The topological polar surface area (TPSA) is 97.7 Å². The molecule has 6 heteroatoms. The fraction of sp³-hybridized carbons (Fsp3) is 0. The van der Waals surface area contributed by atoms with Gasteiger partial charge in [0.1, 0.15) is 17.7 Å². The highest BCUT2D eigenvalue weighted by molar-refractivity contribution is 5.98. The maximum Gasteiger partial charge on any atom is 0.339 e. The summed E-state index contributed by atoms with van der Waals surface area (Å²) in [6, 6.07) is 1.24. The van der Waals surface area contributed by atoms with E-state index in [2.05, 4.69) is 4.98 Å². The molecule has 0 aliphatic rings. The molecule has 0 radical (unpaired) electrons. The van der Waals surface area contributed by atoms with Crippen LogP contribution in [-0.4, -0.2) is 26.7 Å². The predicted molar refractivity (Wildman–Crippen MR) is 52.0 cm³/mol. The first kappa shape index (κ1) is 9.20. The number of hydrogen-bond donors (Lipinski definition) is 2. The van der Waals surface area contributed by atoms with E-state index in [0.717, 1.165) is 0 Å². The Morgan fingerprint density at radius 1 is 1.60 bits per heavy atom. The number of aromatic nitrogens is 2. The molecular weight excluding hydrogens is 198 g/mol. The van der Waals surface area contributed by atoms with Crippen molar-refractivity contribution in [3.05, 3.63) is 29.7 Å². The van der Waals surface area contributed by atoms with Crippen molar-refractivity contribution in [3.63, 3.8) is 0 Å². The number of anilines is 1. The maximum absolute atomic E-state index is 10.8. The number of hydrogen-bond acceptors (Lipinski definition) is 4. The van der Waals surface area contributed by atoms with Gasteiger partial charge in [0.15, 0.2) is 6.29 Å². The number of fused-ring (bicyclic) bond motifs is 1. The van der Waals surface area contributed by atoms with Crippen LogP contribution in [0.5, 0.6) is 0 Å². The summed E-state index contributed by atoms with van der Waals surface area (Å²) in [5.41, 5.74) is 6.25. The first-order valence-corrected chi connectivity index (χ1v) is 4.08. The normalized spacial score (nSPS) is 10.4. The minimum absolute atomic E-state index is 0.0561. The molecule has 0 aliphatic heterocycles. The molecule has 2 aromatic heterocycles. The van der Waals surface area contributed by atoms with Gasteiger partial charge < -0.3 is 10.8 Å². The molecule has 6 nitrogen and oxygen atoms in total. The molecule has 0 fully saturated rings. The van der Waals surface area contributed by atoms with Crippen LogP contribution < -0.4 is 5.73 Å². The Hall–Kier alpha value is -2.37. The number of carboxylic acids is 1. The number of nitrogen functional groups attached to an aromatic ring is 1. The van der Waals surface area contributed by atoms with Crippen molar-refractivity contribution in [1.82, 2.24) is 9.38 Å². The quantitative estimate of drug-likeness (QED) is 0.692. The third kappa shape index (κ3) is 1.23. The number of aromatic carboxylic acids is 1. The number of nitrogens with two attached hydrogens (primary N) is 1. The van der Waals surface area contributed by atoms with Crippen LogP contribution in [0.4, 0.5) is 5.82 Å². The Bertz CT molecular complexity index is 559. The van der Waals surface area contributed by atoms with Crippen LogP contribution in [0.15, 0.2) is 18.6 Å². The Balaban J connectivity index is 2.90. The third-order valence-corrected chi connectivity index (χ3v) is 2.13.